The topological polar surface area (TPSA) is 85.4 Å². The quantitative estimate of drug-likeness (QED) is 0.882. The first-order chi connectivity index (χ1) is 9.56. The lowest BCUT2D eigenvalue weighted by atomic mass is 10.3. The molecule has 0 aliphatic carbocycles. The van der Waals surface area contributed by atoms with Crippen LogP contribution >= 0.6 is 0 Å². The minimum atomic E-state index is -4.62. The van der Waals surface area contributed by atoms with Crippen LogP contribution in [0.1, 0.15) is 18.9 Å². The van der Waals surface area contributed by atoms with Gasteiger partial charge in [-0.25, -0.2) is 9.71 Å². The summed E-state index contributed by atoms with van der Waals surface area (Å²) < 4.78 is 67.0. The highest BCUT2D eigenvalue weighted by molar-refractivity contribution is 7.90. The van der Waals surface area contributed by atoms with Gasteiger partial charge in [-0.3, -0.25) is 4.79 Å². The number of amides is 1. The number of hydrogen-bond acceptors (Lipinski definition) is 5. The van der Waals surface area contributed by atoms with Crippen LogP contribution in [0.5, 0.6) is 0 Å². The summed E-state index contributed by atoms with van der Waals surface area (Å²) in [5.74, 6) is -0.842. The van der Waals surface area contributed by atoms with Crippen LogP contribution in [-0.4, -0.2) is 32.5 Å². The van der Waals surface area contributed by atoms with Gasteiger partial charge in [0.2, 0.25) is 5.91 Å². The van der Waals surface area contributed by atoms with Gasteiger partial charge in [0.15, 0.2) is 5.03 Å². The molecule has 10 heteroatoms. The normalized spacial score (nSPS) is 13.8. The molecule has 1 heterocycles. The van der Waals surface area contributed by atoms with Crippen molar-refractivity contribution in [2.45, 2.75) is 30.7 Å². The Hall–Kier alpha value is -1.68. The average Bonchev–Trinajstić information content (AvgIpc) is 2.37. The Bertz CT molecular complexity index is 599. The Morgan fingerprint density at radius 2 is 2.05 bits per heavy atom. The number of hydrogen-bond donors (Lipinski definition) is 1. The zero-order chi connectivity index (χ0) is 16.3. The molecule has 0 aliphatic rings. The Morgan fingerprint density at radius 1 is 1.43 bits per heavy atom. The van der Waals surface area contributed by atoms with Gasteiger partial charge in [-0.2, -0.15) is 21.6 Å². The van der Waals surface area contributed by atoms with Crippen LogP contribution in [0.4, 0.5) is 13.2 Å². The molecule has 1 N–H and O–H groups in total. The first-order valence-corrected chi connectivity index (χ1v) is 7.16. The predicted octanol–water partition coefficient (Wildman–Crippen LogP) is 1.33. The SMILES string of the molecule is CO[C@H](C)CC(=O)NS(=O)(=O)c1ccc(C(F)(F)F)cn1. The van der Waals surface area contributed by atoms with Crippen molar-refractivity contribution in [3.05, 3.63) is 23.9 Å². The molecule has 6 nitrogen and oxygen atoms in total. The maximum Gasteiger partial charge on any atom is 0.417 e. The fourth-order valence-electron chi connectivity index (χ4n) is 1.30. The second kappa shape index (κ2) is 6.39. The number of rotatable bonds is 5. The van der Waals surface area contributed by atoms with E-state index in [2.05, 4.69) is 4.98 Å². The molecule has 0 aromatic carbocycles. The smallest absolute Gasteiger partial charge is 0.381 e. The van der Waals surface area contributed by atoms with E-state index in [1.807, 2.05) is 0 Å². The first kappa shape index (κ1) is 17.4. The van der Waals surface area contributed by atoms with Gasteiger partial charge in [0.25, 0.3) is 10.0 Å². The second-order valence-electron chi connectivity index (χ2n) is 4.16. The van der Waals surface area contributed by atoms with Gasteiger partial charge in [0, 0.05) is 13.3 Å². The lowest BCUT2D eigenvalue weighted by Crippen LogP contribution is -2.33. The largest absolute Gasteiger partial charge is 0.417 e. The number of sulfonamides is 1. The molecular weight excluding hydrogens is 313 g/mol. The summed E-state index contributed by atoms with van der Waals surface area (Å²) in [5, 5.41) is -0.672. The summed E-state index contributed by atoms with van der Waals surface area (Å²) >= 11 is 0. The van der Waals surface area contributed by atoms with Crippen LogP contribution in [0.3, 0.4) is 0 Å². The molecule has 0 saturated carbocycles. The van der Waals surface area contributed by atoms with Crippen molar-refractivity contribution < 1.29 is 31.1 Å². The molecule has 0 saturated heterocycles. The Morgan fingerprint density at radius 3 is 2.48 bits per heavy atom. The minimum absolute atomic E-state index is 0.212. The molecule has 0 fully saturated rings. The van der Waals surface area contributed by atoms with E-state index in [0.717, 1.165) is 0 Å². The van der Waals surface area contributed by atoms with Crippen molar-refractivity contribution >= 4 is 15.9 Å². The number of carbonyl (C=O) groups is 1. The van der Waals surface area contributed by atoms with Gasteiger partial charge in [-0.05, 0) is 19.1 Å². The maximum atomic E-state index is 12.3. The Kier molecular flexibility index (Phi) is 5.29. The third-order valence-electron chi connectivity index (χ3n) is 2.46. The zero-order valence-electron chi connectivity index (χ0n) is 11.1. The molecule has 1 rings (SSSR count). The van der Waals surface area contributed by atoms with Crippen molar-refractivity contribution in [3.63, 3.8) is 0 Å². The number of pyridine rings is 1. The number of aromatic nitrogens is 1. The van der Waals surface area contributed by atoms with E-state index >= 15 is 0 Å². The van der Waals surface area contributed by atoms with E-state index < -0.39 is 38.8 Å². The number of alkyl halides is 3. The van der Waals surface area contributed by atoms with E-state index in [1.54, 1.807) is 11.6 Å². The fraction of sp³-hybridized carbons (Fsp3) is 0.455. The van der Waals surface area contributed by atoms with Gasteiger partial charge in [-0.15, -0.1) is 0 Å². The Balaban J connectivity index is 2.86. The molecule has 21 heavy (non-hydrogen) atoms. The summed E-state index contributed by atoms with van der Waals surface area (Å²) in [6.07, 6.45) is -4.94. The van der Waals surface area contributed by atoms with Gasteiger partial charge in [-0.1, -0.05) is 0 Å². The van der Waals surface area contributed by atoms with E-state index in [1.165, 1.54) is 7.11 Å². The molecule has 1 amide bonds. The lowest BCUT2D eigenvalue weighted by molar-refractivity contribution is -0.137. The van der Waals surface area contributed by atoms with Crippen LogP contribution in [0.2, 0.25) is 0 Å². The van der Waals surface area contributed by atoms with Crippen molar-refractivity contribution in [3.8, 4) is 0 Å². The maximum absolute atomic E-state index is 12.3. The third kappa shape index (κ3) is 4.97. The van der Waals surface area contributed by atoms with Gasteiger partial charge >= 0.3 is 6.18 Å². The highest BCUT2D eigenvalue weighted by Crippen LogP contribution is 2.28. The number of nitrogens with zero attached hydrogens (tertiary/aromatic N) is 1. The number of halogens is 3. The van der Waals surface area contributed by atoms with Gasteiger partial charge in [0.1, 0.15) is 0 Å². The molecule has 0 spiro atoms. The highest BCUT2D eigenvalue weighted by atomic mass is 32.2. The molecule has 0 unspecified atom stereocenters. The summed E-state index contributed by atoms with van der Waals surface area (Å²) in [6, 6.07) is 1.25. The summed E-state index contributed by atoms with van der Waals surface area (Å²) in [4.78, 5) is 14.7. The van der Waals surface area contributed by atoms with Crippen molar-refractivity contribution in [1.29, 1.82) is 0 Å². The summed E-state index contributed by atoms with van der Waals surface area (Å²) in [7, 11) is -2.96. The summed E-state index contributed by atoms with van der Waals surface area (Å²) in [6.45, 7) is 1.56. The van der Waals surface area contributed by atoms with Crippen LogP contribution in [0, 0.1) is 0 Å². The fourth-order valence-corrected chi connectivity index (χ4v) is 2.22. The van der Waals surface area contributed by atoms with Crippen LogP contribution in [0.25, 0.3) is 0 Å². The molecule has 1 aromatic heterocycles. The Labute approximate surface area is 119 Å². The van der Waals surface area contributed by atoms with Crippen LogP contribution in [-0.2, 0) is 25.7 Å². The predicted molar refractivity (Wildman–Crippen MR) is 65.7 cm³/mol. The van der Waals surface area contributed by atoms with E-state index in [0.29, 0.717) is 18.3 Å². The lowest BCUT2D eigenvalue weighted by Gasteiger charge is -2.10. The third-order valence-corrected chi connectivity index (χ3v) is 3.75. The average molecular weight is 326 g/mol. The van der Waals surface area contributed by atoms with E-state index in [4.69, 9.17) is 4.74 Å². The number of carbonyl (C=O) groups excluding carboxylic acids is 1. The van der Waals surface area contributed by atoms with Gasteiger partial charge in [0.05, 0.1) is 18.1 Å². The van der Waals surface area contributed by atoms with E-state index in [-0.39, 0.29) is 6.42 Å². The van der Waals surface area contributed by atoms with Gasteiger partial charge < -0.3 is 4.74 Å². The monoisotopic (exact) mass is 326 g/mol. The molecule has 118 valence electrons. The number of ether oxygens (including phenoxy) is 1. The first-order valence-electron chi connectivity index (χ1n) is 5.68. The highest BCUT2D eigenvalue weighted by Gasteiger charge is 2.31. The summed E-state index contributed by atoms with van der Waals surface area (Å²) in [5.41, 5.74) is -1.08. The molecule has 0 radical (unpaired) electrons. The molecule has 0 bridgehead atoms. The van der Waals surface area contributed by atoms with Crippen LogP contribution < -0.4 is 4.72 Å². The van der Waals surface area contributed by atoms with Crippen LogP contribution in [0.15, 0.2) is 23.4 Å². The van der Waals surface area contributed by atoms with Crippen molar-refractivity contribution in [2.75, 3.05) is 7.11 Å². The van der Waals surface area contributed by atoms with Crippen molar-refractivity contribution in [2.24, 2.45) is 0 Å². The minimum Gasteiger partial charge on any atom is -0.381 e. The molecule has 1 atom stereocenters. The number of methoxy groups -OCH3 is 1. The standard InChI is InChI=1S/C11H13F3N2O4S/c1-7(20-2)5-9(17)16-21(18,19)10-4-3-8(6-15-10)11(12,13)14/h3-4,6-7H,5H2,1-2H3,(H,16,17)/t7-/m1/s1. The molecule has 0 aliphatic heterocycles. The van der Waals surface area contributed by atoms with E-state index in [9.17, 15) is 26.4 Å². The molecule has 1 aromatic rings. The zero-order valence-corrected chi connectivity index (χ0v) is 12.0. The molecular formula is C11H13F3N2O4S. The number of nitrogens with one attached hydrogen (secondary N) is 1. The second-order valence-corrected chi connectivity index (χ2v) is 5.79. The van der Waals surface area contributed by atoms with Crippen molar-refractivity contribution in [1.82, 2.24) is 9.71 Å².